The van der Waals surface area contributed by atoms with Gasteiger partial charge in [0.25, 0.3) is 0 Å². The topological polar surface area (TPSA) is 60.7 Å². The second-order valence-corrected chi connectivity index (χ2v) is 6.53. The van der Waals surface area contributed by atoms with Crippen LogP contribution in [0.2, 0.25) is 0 Å². The first-order valence-electron chi connectivity index (χ1n) is 9.64. The number of alkyl halides is 1. The number of nitrogens with one attached hydrogen (secondary N) is 1. The molecule has 0 aliphatic heterocycles. The van der Waals surface area contributed by atoms with Crippen LogP contribution in [-0.4, -0.2) is 54.0 Å². The van der Waals surface area contributed by atoms with Crippen molar-refractivity contribution in [2.45, 2.75) is 0 Å². The second-order valence-electron chi connectivity index (χ2n) is 6.53. The van der Waals surface area contributed by atoms with E-state index in [0.29, 0.717) is 32.1 Å². The Morgan fingerprint density at radius 1 is 0.897 bits per heavy atom. The molecule has 2 aromatic carbocycles. The van der Waals surface area contributed by atoms with Crippen molar-refractivity contribution in [1.29, 1.82) is 0 Å². The van der Waals surface area contributed by atoms with Gasteiger partial charge in [0.1, 0.15) is 6.67 Å². The molecule has 0 amide bonds. The van der Waals surface area contributed by atoms with Gasteiger partial charge in [-0.3, -0.25) is 4.40 Å². The van der Waals surface area contributed by atoms with Gasteiger partial charge < -0.3 is 14.8 Å². The Kier molecular flexibility index (Phi) is 6.29. The molecule has 7 heteroatoms. The number of aromatic nitrogens is 3. The summed E-state index contributed by atoms with van der Waals surface area (Å²) in [6.45, 7) is 1.82. The summed E-state index contributed by atoms with van der Waals surface area (Å²) in [6, 6.07) is 16.2. The lowest BCUT2D eigenvalue weighted by atomic mass is 10.1. The van der Waals surface area contributed by atoms with Crippen molar-refractivity contribution in [3.8, 4) is 11.1 Å². The zero-order chi connectivity index (χ0) is 19.9. The van der Waals surface area contributed by atoms with Crippen LogP contribution < -0.4 is 5.32 Å². The molecule has 0 saturated carbocycles. The van der Waals surface area contributed by atoms with Crippen molar-refractivity contribution in [2.24, 2.45) is 0 Å². The van der Waals surface area contributed by atoms with Crippen molar-refractivity contribution in [3.63, 3.8) is 0 Å². The van der Waals surface area contributed by atoms with Crippen LogP contribution in [0.1, 0.15) is 0 Å². The number of ether oxygens (including phenoxy) is 2. The van der Waals surface area contributed by atoms with Gasteiger partial charge in [-0.15, -0.1) is 0 Å². The SMILES string of the molecule is FCCOCCOCCNc1ccc(-c2cnc3nc4ccccc4n3c2)cc1. The predicted molar refractivity (Wildman–Crippen MR) is 112 cm³/mol. The molecule has 4 aromatic rings. The smallest absolute Gasteiger partial charge is 0.234 e. The van der Waals surface area contributed by atoms with Gasteiger partial charge in [0.2, 0.25) is 5.78 Å². The third-order valence-corrected chi connectivity index (χ3v) is 4.55. The van der Waals surface area contributed by atoms with Crippen molar-refractivity contribution < 1.29 is 13.9 Å². The van der Waals surface area contributed by atoms with E-state index in [4.69, 9.17) is 9.47 Å². The number of anilines is 1. The highest BCUT2D eigenvalue weighted by Crippen LogP contribution is 2.23. The number of nitrogens with zero attached hydrogens (tertiary/aromatic N) is 3. The third kappa shape index (κ3) is 4.70. The molecule has 150 valence electrons. The van der Waals surface area contributed by atoms with Gasteiger partial charge in [-0.2, -0.15) is 0 Å². The number of rotatable bonds is 10. The van der Waals surface area contributed by atoms with Gasteiger partial charge in [-0.05, 0) is 29.8 Å². The Balaban J connectivity index is 1.35. The fourth-order valence-electron chi connectivity index (χ4n) is 3.12. The number of hydrogen-bond donors (Lipinski definition) is 1. The van der Waals surface area contributed by atoms with E-state index in [9.17, 15) is 4.39 Å². The number of hydrogen-bond acceptors (Lipinski definition) is 5. The average Bonchev–Trinajstić information content (AvgIpc) is 3.14. The molecule has 2 aromatic heterocycles. The monoisotopic (exact) mass is 394 g/mol. The largest absolute Gasteiger partial charge is 0.383 e. The maximum Gasteiger partial charge on any atom is 0.234 e. The number of fused-ring (bicyclic) bond motifs is 3. The molecule has 6 nitrogen and oxygen atoms in total. The Morgan fingerprint density at radius 2 is 1.69 bits per heavy atom. The Morgan fingerprint density at radius 3 is 2.52 bits per heavy atom. The summed E-state index contributed by atoms with van der Waals surface area (Å²) in [5.74, 6) is 0.698. The molecule has 0 atom stereocenters. The number of para-hydroxylation sites is 2. The van der Waals surface area contributed by atoms with Gasteiger partial charge in [0, 0.05) is 30.2 Å². The fraction of sp³-hybridized carbons (Fsp3) is 0.273. The summed E-state index contributed by atoms with van der Waals surface area (Å²) in [4.78, 5) is 9.04. The summed E-state index contributed by atoms with van der Waals surface area (Å²) in [5.41, 5.74) is 5.12. The minimum Gasteiger partial charge on any atom is -0.383 e. The van der Waals surface area contributed by atoms with E-state index >= 15 is 0 Å². The van der Waals surface area contributed by atoms with Crippen molar-refractivity contribution in [2.75, 3.05) is 45.0 Å². The van der Waals surface area contributed by atoms with Crippen molar-refractivity contribution in [1.82, 2.24) is 14.4 Å². The van der Waals surface area contributed by atoms with Crippen LogP contribution in [0.4, 0.5) is 10.1 Å². The highest BCUT2D eigenvalue weighted by Gasteiger charge is 2.07. The predicted octanol–water partition coefficient (Wildman–Crippen LogP) is 3.96. The van der Waals surface area contributed by atoms with Gasteiger partial charge in [0.05, 0.1) is 37.5 Å². The van der Waals surface area contributed by atoms with Crippen molar-refractivity contribution >= 4 is 22.5 Å². The van der Waals surface area contributed by atoms with Crippen LogP contribution in [-0.2, 0) is 9.47 Å². The van der Waals surface area contributed by atoms with Crippen LogP contribution in [0.25, 0.3) is 27.9 Å². The number of imidazole rings is 1. The van der Waals surface area contributed by atoms with E-state index < -0.39 is 6.67 Å². The molecule has 0 aliphatic carbocycles. The van der Waals surface area contributed by atoms with Crippen LogP contribution in [0.5, 0.6) is 0 Å². The highest BCUT2D eigenvalue weighted by molar-refractivity contribution is 5.80. The first-order chi connectivity index (χ1) is 14.3. The molecule has 0 fully saturated rings. The minimum absolute atomic E-state index is 0.132. The van der Waals surface area contributed by atoms with E-state index in [1.54, 1.807) is 0 Å². The van der Waals surface area contributed by atoms with Gasteiger partial charge in [-0.25, -0.2) is 14.4 Å². The minimum atomic E-state index is -0.458. The average molecular weight is 394 g/mol. The zero-order valence-electron chi connectivity index (χ0n) is 16.1. The summed E-state index contributed by atoms with van der Waals surface area (Å²) < 4.78 is 24.4. The van der Waals surface area contributed by atoms with Gasteiger partial charge in [0.15, 0.2) is 0 Å². The fourth-order valence-corrected chi connectivity index (χ4v) is 3.12. The van der Waals surface area contributed by atoms with Crippen LogP contribution in [0, 0.1) is 0 Å². The molecule has 0 unspecified atom stereocenters. The van der Waals surface area contributed by atoms with Gasteiger partial charge in [-0.1, -0.05) is 24.3 Å². The van der Waals surface area contributed by atoms with E-state index in [0.717, 1.165) is 27.8 Å². The van der Waals surface area contributed by atoms with E-state index in [1.165, 1.54) is 0 Å². The Bertz CT molecular complexity index is 1070. The summed E-state index contributed by atoms with van der Waals surface area (Å²) in [6.07, 6.45) is 3.92. The molecular weight excluding hydrogens is 371 g/mol. The second kappa shape index (κ2) is 9.45. The lowest BCUT2D eigenvalue weighted by molar-refractivity contribution is 0.0464. The molecule has 29 heavy (non-hydrogen) atoms. The molecule has 0 bridgehead atoms. The highest BCUT2D eigenvalue weighted by atomic mass is 19.1. The summed E-state index contributed by atoms with van der Waals surface area (Å²) in [5, 5.41) is 3.32. The molecule has 0 radical (unpaired) electrons. The Labute approximate surface area is 168 Å². The van der Waals surface area contributed by atoms with E-state index in [-0.39, 0.29) is 6.61 Å². The van der Waals surface area contributed by atoms with E-state index in [1.807, 2.05) is 47.0 Å². The normalized spacial score (nSPS) is 11.3. The van der Waals surface area contributed by atoms with Crippen LogP contribution in [0.15, 0.2) is 60.9 Å². The first-order valence-corrected chi connectivity index (χ1v) is 9.64. The van der Waals surface area contributed by atoms with Gasteiger partial charge >= 0.3 is 0 Å². The molecule has 0 saturated heterocycles. The van der Waals surface area contributed by atoms with Crippen LogP contribution in [0.3, 0.4) is 0 Å². The van der Waals surface area contributed by atoms with Crippen molar-refractivity contribution in [3.05, 3.63) is 60.9 Å². The molecule has 4 rings (SSSR count). The summed E-state index contributed by atoms with van der Waals surface area (Å²) in [7, 11) is 0. The molecule has 0 aliphatic rings. The maximum atomic E-state index is 11.9. The molecule has 2 heterocycles. The third-order valence-electron chi connectivity index (χ3n) is 4.55. The molecule has 1 N–H and O–H groups in total. The lowest BCUT2D eigenvalue weighted by Crippen LogP contribution is -2.13. The lowest BCUT2D eigenvalue weighted by Gasteiger charge is -2.09. The number of benzene rings is 2. The molecule has 0 spiro atoms. The standard InChI is InChI=1S/C22H23FN4O2/c23-9-11-28-13-14-29-12-10-24-19-7-5-17(6-8-19)18-15-25-22-26-20-3-1-2-4-21(20)27(22)16-18/h1-8,15-16,24H,9-14H2. The maximum absolute atomic E-state index is 11.9. The number of halogens is 1. The Hall–Kier alpha value is -3.03. The zero-order valence-corrected chi connectivity index (χ0v) is 16.1. The van der Waals surface area contributed by atoms with Crippen LogP contribution >= 0.6 is 0 Å². The summed E-state index contributed by atoms with van der Waals surface area (Å²) >= 11 is 0. The first kappa shape index (κ1) is 19.3. The quantitative estimate of drug-likeness (QED) is 0.413. The van der Waals surface area contributed by atoms with E-state index in [2.05, 4.69) is 33.6 Å². The molecular formula is C22H23FN4O2.